The average molecular weight is 415 g/mol. The molecule has 2 atom stereocenters. The summed E-state index contributed by atoms with van der Waals surface area (Å²) >= 11 is 0. The second-order valence-corrected chi connectivity index (χ2v) is 9.71. The van der Waals surface area contributed by atoms with Crippen LogP contribution < -0.4 is 29.6 Å². The van der Waals surface area contributed by atoms with Gasteiger partial charge in [0, 0.05) is 5.25 Å². The first kappa shape index (κ1) is 30.1. The number of aliphatic hydroxyl groups excluding tert-OH is 1. The molecule has 0 heterocycles. The van der Waals surface area contributed by atoms with Crippen LogP contribution in [0.15, 0.2) is 0 Å². The molecule has 1 N–H and O–H groups in total. The topological polar surface area (TPSA) is 77.4 Å². The van der Waals surface area contributed by atoms with Crippen molar-refractivity contribution in [2.45, 2.75) is 134 Å². The Labute approximate surface area is 191 Å². The normalized spacial score (nSPS) is 13.9. The fourth-order valence-corrected chi connectivity index (χ4v) is 3.78. The van der Waals surface area contributed by atoms with Gasteiger partial charge in [-0.3, -0.25) is 0 Å². The smallest absolute Gasteiger partial charge is 0.748 e. The van der Waals surface area contributed by atoms with E-state index in [0.717, 1.165) is 44.9 Å². The van der Waals surface area contributed by atoms with Crippen molar-refractivity contribution in [3.63, 3.8) is 0 Å². The number of hydrogen-bond donors (Lipinski definition) is 1. The summed E-state index contributed by atoms with van der Waals surface area (Å²) in [6.07, 6.45) is 19.0. The number of rotatable bonds is 19. The Morgan fingerprint density at radius 3 is 1.41 bits per heavy atom. The molecule has 0 amide bonds. The molecule has 0 aliphatic carbocycles. The summed E-state index contributed by atoms with van der Waals surface area (Å²) in [7, 11) is -4.09. The van der Waals surface area contributed by atoms with Crippen molar-refractivity contribution in [1.29, 1.82) is 0 Å². The minimum absolute atomic E-state index is 0. The van der Waals surface area contributed by atoms with Crippen LogP contribution in [-0.4, -0.2) is 29.4 Å². The summed E-state index contributed by atoms with van der Waals surface area (Å²) in [5, 5.41) is 9.13. The predicted molar refractivity (Wildman–Crippen MR) is 109 cm³/mol. The molecule has 0 rings (SSSR count). The van der Waals surface area contributed by atoms with E-state index in [1.807, 2.05) is 0 Å². The molecule has 0 spiro atoms. The molecule has 0 fully saturated rings. The molecular weight excluding hydrogens is 371 g/mol. The summed E-state index contributed by atoms with van der Waals surface area (Å²) < 4.78 is 32.3. The molecule has 0 aromatic heterocycles. The first-order chi connectivity index (χ1) is 12.4. The van der Waals surface area contributed by atoms with E-state index in [1.165, 1.54) is 64.7 Å². The van der Waals surface area contributed by atoms with E-state index in [1.54, 1.807) is 0 Å². The molecule has 27 heavy (non-hydrogen) atoms. The molecule has 0 aliphatic rings. The van der Waals surface area contributed by atoms with Crippen molar-refractivity contribution >= 4 is 10.1 Å². The summed E-state index contributed by atoms with van der Waals surface area (Å²) in [6, 6.07) is 0. The first-order valence-electron chi connectivity index (χ1n) is 11.0. The second-order valence-electron chi connectivity index (χ2n) is 7.92. The van der Waals surface area contributed by atoms with Crippen molar-refractivity contribution in [1.82, 2.24) is 0 Å². The molecular formula is C21H43NaO4S. The molecule has 0 aliphatic heterocycles. The van der Waals surface area contributed by atoms with Gasteiger partial charge in [0.15, 0.2) is 0 Å². The zero-order valence-electron chi connectivity index (χ0n) is 18.3. The maximum absolute atomic E-state index is 10.8. The predicted octanol–water partition coefficient (Wildman–Crippen LogP) is 2.94. The van der Waals surface area contributed by atoms with E-state index in [9.17, 15) is 18.1 Å². The van der Waals surface area contributed by atoms with Crippen molar-refractivity contribution in [2.24, 2.45) is 0 Å². The van der Waals surface area contributed by atoms with Crippen molar-refractivity contribution in [3.05, 3.63) is 0 Å². The van der Waals surface area contributed by atoms with Gasteiger partial charge >= 0.3 is 29.6 Å². The van der Waals surface area contributed by atoms with Crippen LogP contribution in [0.3, 0.4) is 0 Å². The van der Waals surface area contributed by atoms with E-state index < -0.39 is 15.4 Å². The molecule has 0 bridgehead atoms. The zero-order chi connectivity index (χ0) is 19.7. The fourth-order valence-electron chi connectivity index (χ4n) is 3.32. The monoisotopic (exact) mass is 414 g/mol. The quantitative estimate of drug-likeness (QED) is 0.200. The Kier molecular flexibility index (Phi) is 22.4. The maximum atomic E-state index is 10.8. The van der Waals surface area contributed by atoms with Gasteiger partial charge in [-0.05, 0) is 26.2 Å². The zero-order valence-corrected chi connectivity index (χ0v) is 21.1. The molecule has 0 saturated heterocycles. The Morgan fingerprint density at radius 2 is 1.04 bits per heavy atom. The van der Waals surface area contributed by atoms with Gasteiger partial charge in [-0.2, -0.15) is 0 Å². The van der Waals surface area contributed by atoms with Crippen LogP contribution in [0, 0.1) is 0 Å². The minimum atomic E-state index is -4.09. The molecule has 2 unspecified atom stereocenters. The third-order valence-electron chi connectivity index (χ3n) is 5.28. The van der Waals surface area contributed by atoms with Gasteiger partial charge in [0.25, 0.3) is 0 Å². The summed E-state index contributed by atoms with van der Waals surface area (Å²) in [5.41, 5.74) is 0. The number of unbranched alkanes of at least 4 members (excludes halogenated alkanes) is 12. The Bertz CT molecular complexity index is 401. The summed E-state index contributed by atoms with van der Waals surface area (Å²) in [4.78, 5) is 0. The van der Waals surface area contributed by atoms with Crippen LogP contribution in [0.25, 0.3) is 0 Å². The summed E-state index contributed by atoms with van der Waals surface area (Å²) in [6.45, 7) is 3.70. The first-order valence-corrected chi connectivity index (χ1v) is 12.5. The van der Waals surface area contributed by atoms with Gasteiger partial charge in [0.05, 0.1) is 16.2 Å². The van der Waals surface area contributed by atoms with E-state index >= 15 is 0 Å². The van der Waals surface area contributed by atoms with Gasteiger partial charge in [0.1, 0.15) is 0 Å². The van der Waals surface area contributed by atoms with Crippen LogP contribution >= 0.6 is 0 Å². The van der Waals surface area contributed by atoms with Crippen molar-refractivity contribution in [3.8, 4) is 0 Å². The van der Waals surface area contributed by atoms with Gasteiger partial charge in [-0.25, -0.2) is 8.42 Å². The van der Waals surface area contributed by atoms with Crippen molar-refractivity contribution < 1.29 is 47.6 Å². The molecule has 0 radical (unpaired) electrons. The standard InChI is InChI=1S/C21H44O4S.Na/c1-3-4-14-18-21(22)19-16-13-11-9-7-5-6-8-10-12-15-17-20(2)26(23,24)25;/h20-22H,3-19H2,1-2H3,(H,23,24,25);/q;+1/p-1. The third kappa shape index (κ3) is 21.4. The maximum Gasteiger partial charge on any atom is 1.00 e. The molecule has 0 aromatic rings. The van der Waals surface area contributed by atoms with Crippen LogP contribution in [0.1, 0.15) is 123 Å². The van der Waals surface area contributed by atoms with Crippen molar-refractivity contribution in [2.75, 3.05) is 0 Å². The summed E-state index contributed by atoms with van der Waals surface area (Å²) in [5.74, 6) is 0. The Morgan fingerprint density at radius 1 is 0.704 bits per heavy atom. The molecule has 6 heteroatoms. The second kappa shape index (κ2) is 20.2. The Hall–Kier alpha value is 0.870. The van der Waals surface area contributed by atoms with Gasteiger partial charge in [-0.1, -0.05) is 96.8 Å². The van der Waals surface area contributed by atoms with Crippen LogP contribution in [0.2, 0.25) is 0 Å². The largest absolute Gasteiger partial charge is 1.00 e. The van der Waals surface area contributed by atoms with Gasteiger partial charge in [-0.15, -0.1) is 0 Å². The Balaban J connectivity index is 0. The molecule has 158 valence electrons. The van der Waals surface area contributed by atoms with E-state index in [2.05, 4.69) is 6.92 Å². The molecule has 4 nitrogen and oxygen atoms in total. The van der Waals surface area contributed by atoms with E-state index in [0.29, 0.717) is 6.42 Å². The van der Waals surface area contributed by atoms with E-state index in [-0.39, 0.29) is 35.7 Å². The average Bonchev–Trinajstić information content (AvgIpc) is 2.58. The van der Waals surface area contributed by atoms with Gasteiger partial charge < -0.3 is 9.66 Å². The van der Waals surface area contributed by atoms with Crippen LogP contribution in [-0.2, 0) is 10.1 Å². The minimum Gasteiger partial charge on any atom is -0.748 e. The molecule has 0 aromatic carbocycles. The third-order valence-corrected chi connectivity index (χ3v) is 6.50. The van der Waals surface area contributed by atoms with Crippen LogP contribution in [0.4, 0.5) is 0 Å². The van der Waals surface area contributed by atoms with E-state index in [4.69, 9.17) is 0 Å². The fraction of sp³-hybridized carbons (Fsp3) is 1.00. The van der Waals surface area contributed by atoms with Crippen LogP contribution in [0.5, 0.6) is 0 Å². The van der Waals surface area contributed by atoms with Gasteiger partial charge in [0.2, 0.25) is 0 Å². The number of aliphatic hydroxyl groups is 1. The number of hydrogen-bond acceptors (Lipinski definition) is 4. The SMILES string of the molecule is CCCCCC(O)CCCCCCCCCCCCCC(C)S(=O)(=O)[O-].[Na+]. The molecule has 0 saturated carbocycles.